The zero-order chi connectivity index (χ0) is 14.7. The summed E-state index contributed by atoms with van der Waals surface area (Å²) in [6.45, 7) is 7.18. The molecular weight excluding hydrogens is 270 g/mol. The van der Waals surface area contributed by atoms with Crippen LogP contribution in [0.15, 0.2) is 24.3 Å². The van der Waals surface area contributed by atoms with E-state index in [1.54, 1.807) is 0 Å². The maximum absolute atomic E-state index is 6.14. The van der Waals surface area contributed by atoms with Crippen LogP contribution in [0.4, 0.5) is 0 Å². The van der Waals surface area contributed by atoms with Crippen LogP contribution in [0.5, 0.6) is 0 Å². The highest BCUT2D eigenvalue weighted by atomic mass is 35.5. The molecule has 0 spiro atoms. The molecule has 0 saturated carbocycles. The molecule has 0 aliphatic rings. The molecule has 1 heterocycles. The average Bonchev–Trinajstić information content (AvgIpc) is 2.79. The Balaban J connectivity index is 2.30. The first-order valence-corrected chi connectivity index (χ1v) is 7.39. The molecule has 1 N–H and O–H groups in total. The van der Waals surface area contributed by atoms with E-state index < -0.39 is 0 Å². The van der Waals surface area contributed by atoms with Crippen LogP contribution in [0.1, 0.15) is 35.5 Å². The van der Waals surface area contributed by atoms with Crippen molar-refractivity contribution in [3.63, 3.8) is 0 Å². The van der Waals surface area contributed by atoms with Gasteiger partial charge in [0.15, 0.2) is 0 Å². The Morgan fingerprint density at radius 2 is 2.05 bits per heavy atom. The fourth-order valence-electron chi connectivity index (χ4n) is 2.60. The summed E-state index contributed by atoms with van der Waals surface area (Å²) in [5.41, 5.74) is 4.83. The van der Waals surface area contributed by atoms with Crippen molar-refractivity contribution >= 4 is 11.6 Å². The summed E-state index contributed by atoms with van der Waals surface area (Å²) >= 11 is 6.14. The minimum atomic E-state index is 0.245. The second-order valence-electron chi connectivity index (χ2n) is 5.14. The Labute approximate surface area is 126 Å². The molecule has 20 heavy (non-hydrogen) atoms. The molecule has 0 amide bonds. The lowest BCUT2D eigenvalue weighted by Gasteiger charge is -2.19. The third kappa shape index (κ3) is 3.22. The zero-order valence-electron chi connectivity index (χ0n) is 12.6. The highest BCUT2D eigenvalue weighted by Gasteiger charge is 2.16. The Morgan fingerprint density at radius 3 is 2.70 bits per heavy atom. The van der Waals surface area contributed by atoms with E-state index in [-0.39, 0.29) is 6.04 Å². The third-order valence-corrected chi connectivity index (χ3v) is 3.90. The van der Waals surface area contributed by atoms with Gasteiger partial charge in [0.25, 0.3) is 0 Å². The smallest absolute Gasteiger partial charge is 0.0596 e. The number of aromatic nitrogens is 2. The molecule has 2 aromatic rings. The molecule has 0 bridgehead atoms. The summed E-state index contributed by atoms with van der Waals surface area (Å²) in [5, 5.41) is 8.69. The number of nitrogens with zero attached hydrogens (tertiary/aromatic N) is 2. The summed E-state index contributed by atoms with van der Waals surface area (Å²) in [4.78, 5) is 0. The first-order chi connectivity index (χ1) is 9.55. The van der Waals surface area contributed by atoms with Crippen molar-refractivity contribution in [2.75, 3.05) is 7.05 Å². The lowest BCUT2D eigenvalue weighted by atomic mass is 9.97. The Bertz CT molecular complexity index is 589. The molecule has 2 rings (SSSR count). The number of nitrogens with one attached hydrogen (secondary N) is 1. The number of halogens is 1. The molecule has 1 aromatic carbocycles. The molecule has 0 saturated heterocycles. The lowest BCUT2D eigenvalue weighted by Crippen LogP contribution is -2.21. The number of rotatable bonds is 5. The van der Waals surface area contributed by atoms with Gasteiger partial charge in [0.2, 0.25) is 0 Å². The van der Waals surface area contributed by atoms with Gasteiger partial charge in [0.1, 0.15) is 0 Å². The largest absolute Gasteiger partial charge is 0.313 e. The monoisotopic (exact) mass is 291 g/mol. The summed E-state index contributed by atoms with van der Waals surface area (Å²) in [6, 6.07) is 8.47. The van der Waals surface area contributed by atoms with Gasteiger partial charge in [0, 0.05) is 29.7 Å². The maximum atomic E-state index is 6.14. The standard InChI is InChI=1S/C16H22ClN3/c1-5-20-14(8-12(3)19-20)10-16(18-4)15-9-13(17)7-6-11(15)2/h6-9,16,18H,5,10H2,1-4H3. The van der Waals surface area contributed by atoms with E-state index >= 15 is 0 Å². The minimum Gasteiger partial charge on any atom is -0.313 e. The molecule has 4 heteroatoms. The van der Waals surface area contributed by atoms with Crippen molar-refractivity contribution in [2.45, 2.75) is 39.8 Å². The van der Waals surface area contributed by atoms with Crippen molar-refractivity contribution in [3.05, 3.63) is 51.8 Å². The highest BCUT2D eigenvalue weighted by molar-refractivity contribution is 6.30. The molecule has 0 fully saturated rings. The van der Waals surface area contributed by atoms with Crippen LogP contribution < -0.4 is 5.32 Å². The van der Waals surface area contributed by atoms with Gasteiger partial charge in [-0.2, -0.15) is 5.10 Å². The lowest BCUT2D eigenvalue weighted by molar-refractivity contribution is 0.539. The van der Waals surface area contributed by atoms with Crippen LogP contribution in [-0.2, 0) is 13.0 Å². The van der Waals surface area contributed by atoms with Gasteiger partial charge >= 0.3 is 0 Å². The van der Waals surface area contributed by atoms with Gasteiger partial charge in [-0.1, -0.05) is 17.7 Å². The van der Waals surface area contributed by atoms with E-state index in [0.717, 1.165) is 23.7 Å². The molecule has 0 radical (unpaired) electrons. The van der Waals surface area contributed by atoms with Gasteiger partial charge in [-0.3, -0.25) is 4.68 Å². The first-order valence-electron chi connectivity index (χ1n) is 7.01. The van der Waals surface area contributed by atoms with E-state index in [0.29, 0.717) is 0 Å². The predicted octanol–water partition coefficient (Wildman–Crippen LogP) is 3.68. The zero-order valence-corrected chi connectivity index (χ0v) is 13.3. The van der Waals surface area contributed by atoms with Crippen LogP contribution in [0.2, 0.25) is 5.02 Å². The molecular formula is C16H22ClN3. The fourth-order valence-corrected chi connectivity index (χ4v) is 2.78. The summed E-state index contributed by atoms with van der Waals surface area (Å²) in [7, 11) is 1.99. The van der Waals surface area contributed by atoms with Crippen LogP contribution in [-0.4, -0.2) is 16.8 Å². The van der Waals surface area contributed by atoms with Crippen LogP contribution in [0, 0.1) is 13.8 Å². The topological polar surface area (TPSA) is 29.9 Å². The normalized spacial score (nSPS) is 12.7. The number of aryl methyl sites for hydroxylation is 3. The van der Waals surface area contributed by atoms with Crippen molar-refractivity contribution in [3.8, 4) is 0 Å². The Hall–Kier alpha value is -1.32. The van der Waals surface area contributed by atoms with Crippen LogP contribution in [0.3, 0.4) is 0 Å². The molecule has 0 aliphatic carbocycles. The highest BCUT2D eigenvalue weighted by Crippen LogP contribution is 2.25. The van der Waals surface area contributed by atoms with E-state index in [1.807, 2.05) is 20.0 Å². The van der Waals surface area contributed by atoms with E-state index in [9.17, 15) is 0 Å². The van der Waals surface area contributed by atoms with Gasteiger partial charge in [0.05, 0.1) is 5.69 Å². The van der Waals surface area contributed by atoms with Crippen molar-refractivity contribution in [2.24, 2.45) is 0 Å². The molecule has 1 atom stereocenters. The number of likely N-dealkylation sites (N-methyl/N-ethyl adjacent to an activating group) is 1. The van der Waals surface area contributed by atoms with E-state index in [1.165, 1.54) is 16.8 Å². The summed E-state index contributed by atoms with van der Waals surface area (Å²) in [5.74, 6) is 0. The van der Waals surface area contributed by atoms with Crippen molar-refractivity contribution < 1.29 is 0 Å². The molecule has 1 aromatic heterocycles. The SMILES string of the molecule is CCn1nc(C)cc1CC(NC)c1cc(Cl)ccc1C. The second-order valence-corrected chi connectivity index (χ2v) is 5.58. The fraction of sp³-hybridized carbons (Fsp3) is 0.438. The Morgan fingerprint density at radius 1 is 1.30 bits per heavy atom. The van der Waals surface area contributed by atoms with Gasteiger partial charge < -0.3 is 5.32 Å². The predicted molar refractivity (Wildman–Crippen MR) is 84.3 cm³/mol. The quantitative estimate of drug-likeness (QED) is 0.911. The second kappa shape index (κ2) is 6.42. The van der Waals surface area contributed by atoms with Crippen molar-refractivity contribution in [1.29, 1.82) is 0 Å². The molecule has 3 nitrogen and oxygen atoms in total. The minimum absolute atomic E-state index is 0.245. The van der Waals surface area contributed by atoms with Gasteiger partial charge in [-0.15, -0.1) is 0 Å². The third-order valence-electron chi connectivity index (χ3n) is 3.66. The van der Waals surface area contributed by atoms with Gasteiger partial charge in [-0.05, 0) is 57.1 Å². The maximum Gasteiger partial charge on any atom is 0.0596 e. The summed E-state index contributed by atoms with van der Waals surface area (Å²) in [6.07, 6.45) is 0.909. The van der Waals surface area contributed by atoms with Gasteiger partial charge in [-0.25, -0.2) is 0 Å². The number of benzene rings is 1. The van der Waals surface area contributed by atoms with Crippen molar-refractivity contribution in [1.82, 2.24) is 15.1 Å². The van der Waals surface area contributed by atoms with Crippen LogP contribution >= 0.6 is 11.6 Å². The number of hydrogen-bond donors (Lipinski definition) is 1. The summed E-state index contributed by atoms with van der Waals surface area (Å²) < 4.78 is 2.07. The van der Waals surface area contributed by atoms with E-state index in [2.05, 4.69) is 47.1 Å². The number of hydrogen-bond acceptors (Lipinski definition) is 2. The van der Waals surface area contributed by atoms with E-state index in [4.69, 9.17) is 11.6 Å². The molecule has 1 unspecified atom stereocenters. The first kappa shape index (κ1) is 15.1. The van der Waals surface area contributed by atoms with Crippen LogP contribution in [0.25, 0.3) is 0 Å². The average molecular weight is 292 g/mol. The Kier molecular flexibility index (Phi) is 4.84. The molecule has 0 aliphatic heterocycles. The molecule has 108 valence electrons.